The number of para-hydroxylation sites is 1. The van der Waals surface area contributed by atoms with Crippen LogP contribution in [0.2, 0.25) is 0 Å². The molecule has 0 aromatic heterocycles. The van der Waals surface area contributed by atoms with Gasteiger partial charge in [0.15, 0.2) is 0 Å². The van der Waals surface area contributed by atoms with E-state index >= 15 is 0 Å². The predicted octanol–water partition coefficient (Wildman–Crippen LogP) is 1.69. The summed E-state index contributed by atoms with van der Waals surface area (Å²) < 4.78 is 10.6. The molecule has 4 nitrogen and oxygen atoms in total. The zero-order chi connectivity index (χ0) is 13.2. The molecule has 96 valence electrons. The van der Waals surface area contributed by atoms with Crippen molar-refractivity contribution in [3.8, 4) is 5.75 Å². The number of phenols is 1. The fourth-order valence-corrected chi connectivity index (χ4v) is 2.19. The van der Waals surface area contributed by atoms with Gasteiger partial charge in [-0.1, -0.05) is 24.3 Å². The van der Waals surface area contributed by atoms with Gasteiger partial charge in [-0.15, -0.1) is 0 Å². The molecule has 0 saturated carbocycles. The predicted molar refractivity (Wildman–Crippen MR) is 67.0 cm³/mol. The average molecular weight is 248 g/mol. The van der Waals surface area contributed by atoms with E-state index in [1.807, 2.05) is 0 Å². The number of phenolic OH excluding ortho intramolecular Hbond substituents is 1. The Morgan fingerprint density at radius 1 is 1.22 bits per heavy atom. The highest BCUT2D eigenvalue weighted by Crippen LogP contribution is 2.40. The van der Waals surface area contributed by atoms with Gasteiger partial charge in [-0.2, -0.15) is 0 Å². The van der Waals surface area contributed by atoms with Crippen LogP contribution in [-0.2, 0) is 15.1 Å². The summed E-state index contributed by atoms with van der Waals surface area (Å²) in [5.74, 6) is 0.461. The van der Waals surface area contributed by atoms with Crippen LogP contribution in [0.15, 0.2) is 48.3 Å². The van der Waals surface area contributed by atoms with Crippen LogP contribution in [0.4, 0.5) is 0 Å². The highest BCUT2D eigenvalue weighted by Gasteiger charge is 2.43. The summed E-state index contributed by atoms with van der Waals surface area (Å²) in [4.78, 5) is 0. The Kier molecular flexibility index (Phi) is 3.41. The standard InChI is InChI=1S/C14H16O4/c1-17-12-8-5-9-14(18-2,13(12)16)10-6-3-4-7-11(10)15/h3-9,13,15-16H,1-2H3. The number of aromatic hydroxyl groups is 1. The quantitative estimate of drug-likeness (QED) is 0.854. The summed E-state index contributed by atoms with van der Waals surface area (Å²) in [5.41, 5.74) is -0.635. The van der Waals surface area contributed by atoms with Gasteiger partial charge >= 0.3 is 0 Å². The molecule has 2 N–H and O–H groups in total. The first-order valence-electron chi connectivity index (χ1n) is 5.61. The van der Waals surface area contributed by atoms with E-state index in [0.29, 0.717) is 11.3 Å². The molecular formula is C14H16O4. The minimum absolute atomic E-state index is 0.0698. The molecule has 4 heteroatoms. The lowest BCUT2D eigenvalue weighted by atomic mass is 9.83. The van der Waals surface area contributed by atoms with Crippen molar-refractivity contribution in [3.63, 3.8) is 0 Å². The maximum absolute atomic E-state index is 10.4. The molecule has 2 atom stereocenters. The molecule has 2 unspecified atom stereocenters. The molecule has 0 bridgehead atoms. The number of rotatable bonds is 3. The zero-order valence-corrected chi connectivity index (χ0v) is 10.3. The van der Waals surface area contributed by atoms with Crippen molar-refractivity contribution < 1.29 is 19.7 Å². The number of aliphatic hydroxyl groups excluding tert-OH is 1. The van der Waals surface area contributed by atoms with E-state index in [4.69, 9.17) is 9.47 Å². The number of hydrogen-bond donors (Lipinski definition) is 2. The topological polar surface area (TPSA) is 58.9 Å². The first-order chi connectivity index (χ1) is 8.65. The zero-order valence-electron chi connectivity index (χ0n) is 10.3. The highest BCUT2D eigenvalue weighted by atomic mass is 16.5. The van der Waals surface area contributed by atoms with Crippen molar-refractivity contribution in [1.29, 1.82) is 0 Å². The first-order valence-corrected chi connectivity index (χ1v) is 5.61. The summed E-state index contributed by atoms with van der Waals surface area (Å²) >= 11 is 0. The summed E-state index contributed by atoms with van der Waals surface area (Å²) in [7, 11) is 2.97. The third kappa shape index (κ3) is 1.79. The summed E-state index contributed by atoms with van der Waals surface area (Å²) in [6.45, 7) is 0. The van der Waals surface area contributed by atoms with E-state index in [9.17, 15) is 10.2 Å². The SMILES string of the molecule is COC1=CC=CC(OC)(c2ccccc2O)C1O. The Labute approximate surface area is 106 Å². The number of benzene rings is 1. The molecule has 0 heterocycles. The van der Waals surface area contributed by atoms with E-state index in [-0.39, 0.29) is 5.75 Å². The third-order valence-electron chi connectivity index (χ3n) is 3.18. The van der Waals surface area contributed by atoms with Gasteiger partial charge in [0.05, 0.1) is 7.11 Å². The van der Waals surface area contributed by atoms with E-state index < -0.39 is 11.7 Å². The number of hydrogen-bond acceptors (Lipinski definition) is 4. The lowest BCUT2D eigenvalue weighted by Gasteiger charge is -2.37. The Morgan fingerprint density at radius 3 is 2.56 bits per heavy atom. The number of aliphatic hydroxyl groups is 1. The van der Waals surface area contributed by atoms with Gasteiger partial charge in [0.25, 0.3) is 0 Å². The maximum atomic E-state index is 10.4. The third-order valence-corrected chi connectivity index (χ3v) is 3.18. The van der Waals surface area contributed by atoms with Crippen LogP contribution < -0.4 is 0 Å². The van der Waals surface area contributed by atoms with Crippen LogP contribution in [0.25, 0.3) is 0 Å². The molecule has 1 aromatic rings. The molecule has 0 amide bonds. The second-order valence-corrected chi connectivity index (χ2v) is 4.05. The van der Waals surface area contributed by atoms with Crippen molar-refractivity contribution in [2.45, 2.75) is 11.7 Å². The Morgan fingerprint density at radius 2 is 1.94 bits per heavy atom. The van der Waals surface area contributed by atoms with E-state index in [1.54, 1.807) is 42.5 Å². The van der Waals surface area contributed by atoms with Crippen molar-refractivity contribution in [2.24, 2.45) is 0 Å². The van der Waals surface area contributed by atoms with E-state index in [1.165, 1.54) is 14.2 Å². The fraction of sp³-hybridized carbons (Fsp3) is 0.286. The summed E-state index contributed by atoms with van der Waals surface area (Å²) in [6.07, 6.45) is 4.10. The molecule has 0 aliphatic heterocycles. The smallest absolute Gasteiger partial charge is 0.148 e. The molecule has 0 fully saturated rings. The molecule has 2 rings (SSSR count). The van der Waals surface area contributed by atoms with Crippen LogP contribution in [0, 0.1) is 0 Å². The lowest BCUT2D eigenvalue weighted by Crippen LogP contribution is -2.42. The molecule has 1 aliphatic carbocycles. The Hall–Kier alpha value is -1.78. The summed E-state index contributed by atoms with van der Waals surface area (Å²) in [5, 5.41) is 20.3. The lowest BCUT2D eigenvalue weighted by molar-refractivity contribution is -0.0777. The molecule has 1 aromatic carbocycles. The highest BCUT2D eigenvalue weighted by molar-refractivity contribution is 5.45. The van der Waals surface area contributed by atoms with Crippen molar-refractivity contribution >= 4 is 0 Å². The second-order valence-electron chi connectivity index (χ2n) is 4.05. The molecular weight excluding hydrogens is 232 g/mol. The van der Waals surface area contributed by atoms with Gasteiger partial charge in [0, 0.05) is 12.7 Å². The first kappa shape index (κ1) is 12.7. The van der Waals surface area contributed by atoms with Gasteiger partial charge in [0.2, 0.25) is 0 Å². The van der Waals surface area contributed by atoms with E-state index in [2.05, 4.69) is 0 Å². The monoisotopic (exact) mass is 248 g/mol. The normalized spacial score (nSPS) is 26.8. The van der Waals surface area contributed by atoms with E-state index in [0.717, 1.165) is 0 Å². The van der Waals surface area contributed by atoms with Crippen molar-refractivity contribution in [1.82, 2.24) is 0 Å². The maximum Gasteiger partial charge on any atom is 0.148 e. The fourth-order valence-electron chi connectivity index (χ4n) is 2.19. The molecule has 0 spiro atoms. The van der Waals surface area contributed by atoms with Crippen molar-refractivity contribution in [3.05, 3.63) is 53.8 Å². The van der Waals surface area contributed by atoms with Crippen molar-refractivity contribution in [2.75, 3.05) is 14.2 Å². The second kappa shape index (κ2) is 4.84. The van der Waals surface area contributed by atoms with Crippen LogP contribution in [-0.4, -0.2) is 30.5 Å². The van der Waals surface area contributed by atoms with Gasteiger partial charge in [-0.05, 0) is 18.2 Å². The summed E-state index contributed by atoms with van der Waals surface area (Å²) in [6, 6.07) is 6.77. The van der Waals surface area contributed by atoms with Gasteiger partial charge in [0.1, 0.15) is 23.2 Å². The number of allylic oxidation sites excluding steroid dienone is 2. The Balaban J connectivity index is 2.54. The molecule has 0 saturated heterocycles. The van der Waals surface area contributed by atoms with Crippen LogP contribution in [0.3, 0.4) is 0 Å². The minimum Gasteiger partial charge on any atom is -0.508 e. The number of ether oxygens (including phenoxy) is 2. The van der Waals surface area contributed by atoms with Gasteiger partial charge in [-0.25, -0.2) is 0 Å². The minimum atomic E-state index is -1.13. The Bertz CT molecular complexity index is 492. The largest absolute Gasteiger partial charge is 0.508 e. The average Bonchev–Trinajstić information content (AvgIpc) is 2.40. The molecule has 18 heavy (non-hydrogen) atoms. The van der Waals surface area contributed by atoms with Crippen LogP contribution in [0.5, 0.6) is 5.75 Å². The molecule has 1 aliphatic rings. The van der Waals surface area contributed by atoms with Crippen LogP contribution >= 0.6 is 0 Å². The molecule has 0 radical (unpaired) electrons. The van der Waals surface area contributed by atoms with Gasteiger partial charge < -0.3 is 19.7 Å². The van der Waals surface area contributed by atoms with Gasteiger partial charge in [-0.3, -0.25) is 0 Å². The van der Waals surface area contributed by atoms with Crippen LogP contribution in [0.1, 0.15) is 5.56 Å². The number of methoxy groups -OCH3 is 2.